The number of carbonyl (C=O) groups is 3. The number of nitrogens with one attached hydrogen (secondary N) is 3. The Morgan fingerprint density at radius 1 is 0.358 bits per heavy atom. The van der Waals surface area contributed by atoms with Crippen LogP contribution in [0.1, 0.15) is 209 Å². The first kappa shape index (κ1) is 59.5. The molecular formula is C63H102N12O6. The molecule has 3 aliphatic heterocycles. The van der Waals surface area contributed by atoms with Crippen molar-refractivity contribution in [1.82, 2.24) is 45.3 Å². The van der Waals surface area contributed by atoms with Crippen LogP contribution in [0, 0.1) is 0 Å². The molecule has 0 aromatic heterocycles. The lowest BCUT2D eigenvalue weighted by Gasteiger charge is -2.41. The van der Waals surface area contributed by atoms with Gasteiger partial charge in [-0.3, -0.25) is 14.7 Å². The molecule has 1 aromatic rings. The van der Waals surface area contributed by atoms with E-state index in [0.717, 1.165) is 150 Å². The molecule has 3 saturated heterocycles. The molecule has 1 aromatic carbocycles. The fourth-order valence-corrected chi connectivity index (χ4v) is 14.5. The zero-order valence-corrected chi connectivity index (χ0v) is 49.5. The monoisotopic (exact) mass is 1120 g/mol. The first-order valence-corrected chi connectivity index (χ1v) is 33.0. The second-order valence-electron chi connectivity index (χ2n) is 25.1. The third-order valence-corrected chi connectivity index (χ3v) is 19.1. The maximum Gasteiger partial charge on any atom is 0.324 e. The number of guanidine groups is 3. The highest BCUT2D eigenvalue weighted by molar-refractivity contribution is 5.98. The highest BCUT2D eigenvalue weighted by Crippen LogP contribution is 2.31. The molecule has 3 heterocycles. The summed E-state index contributed by atoms with van der Waals surface area (Å²) in [4.78, 5) is 75.0. The van der Waals surface area contributed by atoms with Crippen molar-refractivity contribution in [2.24, 2.45) is 15.0 Å². The Hall–Kier alpha value is -4.68. The van der Waals surface area contributed by atoms with Gasteiger partial charge in [-0.15, -0.1) is 0 Å². The summed E-state index contributed by atoms with van der Waals surface area (Å²) in [5.74, 6) is 2.43. The van der Waals surface area contributed by atoms with E-state index in [1.165, 1.54) is 77.0 Å². The van der Waals surface area contributed by atoms with Crippen molar-refractivity contribution in [2.45, 2.75) is 249 Å². The lowest BCUT2D eigenvalue weighted by molar-refractivity contribution is 0.0605. The van der Waals surface area contributed by atoms with Gasteiger partial charge in [0.1, 0.15) is 0 Å². The number of amides is 6. The van der Waals surface area contributed by atoms with Gasteiger partial charge in [-0.1, -0.05) is 134 Å². The highest BCUT2D eigenvalue weighted by Gasteiger charge is 2.38. The number of urea groups is 3. The number of ether oxygens (including phenoxy) is 3. The summed E-state index contributed by atoms with van der Waals surface area (Å²) >= 11 is 0. The molecule has 3 N–H and O–H groups in total. The number of rotatable bonds is 12. The molecule has 0 spiro atoms. The van der Waals surface area contributed by atoms with Gasteiger partial charge in [-0.25, -0.2) is 29.4 Å². The Morgan fingerprint density at radius 2 is 0.580 bits per heavy atom. The summed E-state index contributed by atoms with van der Waals surface area (Å²) in [7, 11) is 0. The van der Waals surface area contributed by atoms with Gasteiger partial charge < -0.3 is 44.9 Å². The van der Waals surface area contributed by atoms with E-state index in [9.17, 15) is 0 Å². The lowest BCUT2D eigenvalue weighted by atomic mass is 9.94. The van der Waals surface area contributed by atoms with Gasteiger partial charge in [0.15, 0.2) is 0 Å². The number of benzene rings is 1. The van der Waals surface area contributed by atoms with Crippen molar-refractivity contribution in [1.29, 1.82) is 0 Å². The van der Waals surface area contributed by atoms with E-state index in [2.05, 4.69) is 48.8 Å². The predicted octanol–water partition coefficient (Wildman–Crippen LogP) is 10.3. The minimum absolute atomic E-state index is 0.0588. The van der Waals surface area contributed by atoms with Crippen molar-refractivity contribution in [3.63, 3.8) is 0 Å². The van der Waals surface area contributed by atoms with Crippen LogP contribution in [-0.2, 0) is 33.8 Å². The molecule has 9 aliphatic rings. The number of aliphatic imine (C=N–C) groups is 3. The topological polar surface area (TPSA) is 172 Å². The van der Waals surface area contributed by atoms with Crippen LogP contribution in [0.25, 0.3) is 0 Å². The average molecular weight is 1120 g/mol. The van der Waals surface area contributed by atoms with Crippen LogP contribution < -0.4 is 16.0 Å². The first-order valence-electron chi connectivity index (χ1n) is 33.0. The van der Waals surface area contributed by atoms with Crippen molar-refractivity contribution < 1.29 is 28.6 Å². The molecular weight excluding hydrogens is 1020 g/mol. The van der Waals surface area contributed by atoms with Crippen molar-refractivity contribution >= 4 is 36.0 Å². The van der Waals surface area contributed by atoms with E-state index in [4.69, 9.17) is 29.2 Å². The molecule has 9 fully saturated rings. The van der Waals surface area contributed by atoms with Gasteiger partial charge in [0.2, 0.25) is 17.9 Å². The molecule has 0 bridgehead atoms. The zero-order chi connectivity index (χ0) is 55.4. The fourth-order valence-electron chi connectivity index (χ4n) is 14.5. The van der Waals surface area contributed by atoms with Crippen LogP contribution in [0.2, 0.25) is 0 Å². The first-order chi connectivity index (χ1) is 39.9. The average Bonchev–Trinajstić information content (AvgIpc) is 3.59. The van der Waals surface area contributed by atoms with Crippen molar-refractivity contribution in [3.05, 3.63) is 34.9 Å². The Morgan fingerprint density at radius 3 is 0.815 bits per heavy atom. The number of hydrogen-bond donors (Lipinski definition) is 3. The molecule has 0 unspecified atom stereocenters. The van der Waals surface area contributed by atoms with Crippen LogP contribution in [0.4, 0.5) is 14.4 Å². The van der Waals surface area contributed by atoms with Gasteiger partial charge in [0.05, 0.1) is 57.8 Å². The molecule has 6 amide bonds. The minimum Gasteiger partial charge on any atom is -0.378 e. The number of nitrogens with zero attached hydrogens (tertiary/aromatic N) is 9. The Kier molecular flexibility index (Phi) is 23.0. The zero-order valence-electron chi connectivity index (χ0n) is 49.5. The van der Waals surface area contributed by atoms with Crippen LogP contribution in [0.5, 0.6) is 0 Å². The molecule has 6 aliphatic carbocycles. The van der Waals surface area contributed by atoms with Gasteiger partial charge in [-0.2, -0.15) is 0 Å². The molecule has 450 valence electrons. The fraction of sp³-hybridized carbons (Fsp3) is 0.810. The summed E-state index contributed by atoms with van der Waals surface area (Å²) < 4.78 is 17.6. The van der Waals surface area contributed by atoms with Gasteiger partial charge in [0.25, 0.3) is 0 Å². The second-order valence-corrected chi connectivity index (χ2v) is 25.1. The van der Waals surface area contributed by atoms with Crippen LogP contribution >= 0.6 is 0 Å². The Balaban J connectivity index is 0.945. The summed E-state index contributed by atoms with van der Waals surface area (Å²) in [6.45, 7) is 8.80. The molecule has 6 saturated carbocycles. The summed E-state index contributed by atoms with van der Waals surface area (Å²) in [5, 5.41) is 10.3. The molecule has 18 heteroatoms. The normalized spacial score (nSPS) is 23.7. The van der Waals surface area contributed by atoms with E-state index < -0.39 is 0 Å². The highest BCUT2D eigenvalue weighted by atomic mass is 16.5. The molecule has 10 rings (SSSR count). The van der Waals surface area contributed by atoms with Gasteiger partial charge in [0, 0.05) is 77.0 Å². The van der Waals surface area contributed by atoms with Crippen LogP contribution in [0.15, 0.2) is 33.2 Å². The standard InChI is InChI=1S/C63H102N12O6/c76-61(73(55-25-13-4-14-26-55)58(70-31-37-79-38-32-70)67-52-19-7-1-8-20-52)64-46-49-43-50(47-65-62(77)74(56-27-15-5-16-28-56)59(71-33-39-80-40-34-71)68-53-21-9-2-10-22-53)45-51(44-49)48-66-63(78)75(57-29-17-6-18-30-57)60(72-35-41-81-42-36-72)69-54-23-11-3-12-24-54/h43-45,52-57H,1-42,46-48H2,(H,64,76)(H,65,77)(H,66,78). The maximum absolute atomic E-state index is 15.2. The smallest absolute Gasteiger partial charge is 0.324 e. The maximum atomic E-state index is 15.2. The van der Waals surface area contributed by atoms with E-state index >= 15 is 14.4 Å². The number of carbonyl (C=O) groups excluding carboxylic acids is 3. The summed E-state index contributed by atoms with van der Waals surface area (Å²) in [5.41, 5.74) is 2.73. The van der Waals surface area contributed by atoms with E-state index in [0.29, 0.717) is 78.9 Å². The summed E-state index contributed by atoms with van der Waals surface area (Å²) in [6, 6.07) is 6.80. The molecule has 81 heavy (non-hydrogen) atoms. The largest absolute Gasteiger partial charge is 0.378 e. The van der Waals surface area contributed by atoms with Crippen molar-refractivity contribution in [2.75, 3.05) is 78.9 Å². The quantitative estimate of drug-likeness (QED) is 0.136. The number of hydrogen-bond acceptors (Lipinski definition) is 9. The van der Waals surface area contributed by atoms with E-state index in [1.54, 1.807) is 0 Å². The Labute approximate surface area is 485 Å². The van der Waals surface area contributed by atoms with Crippen LogP contribution in [-0.4, -0.2) is 181 Å². The molecule has 0 radical (unpaired) electrons. The SMILES string of the molecule is O=C(NCc1cc(CNC(=O)N(C(=NC2CCCCC2)N2CCOCC2)C2CCCCC2)cc(CNC(=O)N(C(=NC2CCCCC2)N2CCOCC2)C2CCCCC2)c1)N(C(=NC1CCCCC1)N1CCOCC1)C1CCCCC1. The van der Waals surface area contributed by atoms with Crippen LogP contribution in [0.3, 0.4) is 0 Å². The van der Waals surface area contributed by atoms with Crippen molar-refractivity contribution in [3.8, 4) is 0 Å². The van der Waals surface area contributed by atoms with E-state index in [1.807, 2.05) is 14.7 Å². The second kappa shape index (κ2) is 31.3. The van der Waals surface area contributed by atoms with Gasteiger partial charge in [-0.05, 0) is 93.7 Å². The minimum atomic E-state index is -0.122. The summed E-state index contributed by atoms with van der Waals surface area (Å²) in [6.07, 6.45) is 32.9. The Bertz CT molecular complexity index is 1960. The van der Waals surface area contributed by atoms with Gasteiger partial charge >= 0.3 is 18.1 Å². The predicted molar refractivity (Wildman–Crippen MR) is 319 cm³/mol. The van der Waals surface area contributed by atoms with E-state index in [-0.39, 0.29) is 74.0 Å². The third kappa shape index (κ3) is 17.0. The molecule has 18 nitrogen and oxygen atoms in total. The molecule has 0 atom stereocenters. The third-order valence-electron chi connectivity index (χ3n) is 19.1. The number of morpholine rings is 3. The lowest BCUT2D eigenvalue weighted by Crippen LogP contribution is -2.58.